The summed E-state index contributed by atoms with van der Waals surface area (Å²) in [5.74, 6) is -0.225. The lowest BCUT2D eigenvalue weighted by atomic mass is 10.3. The molecule has 1 fully saturated rings. The molecule has 80 valence electrons. The summed E-state index contributed by atoms with van der Waals surface area (Å²) in [4.78, 5) is 13.3. The minimum atomic E-state index is -0.280. The van der Waals surface area contributed by atoms with E-state index in [2.05, 4.69) is 12.6 Å². The summed E-state index contributed by atoms with van der Waals surface area (Å²) in [6, 6.07) is 4.44. The van der Waals surface area contributed by atoms with Crippen LogP contribution in [0.1, 0.15) is 6.42 Å². The van der Waals surface area contributed by atoms with Gasteiger partial charge < -0.3 is 4.90 Å². The number of carbonyl (C=O) groups is 1. The Labute approximate surface area is 106 Å². The van der Waals surface area contributed by atoms with Gasteiger partial charge in [0.1, 0.15) is 5.82 Å². The molecule has 0 radical (unpaired) electrons. The molecule has 0 spiro atoms. The average molecular weight is 337 g/mol. The van der Waals surface area contributed by atoms with Crippen LogP contribution in [0.15, 0.2) is 18.2 Å². The van der Waals surface area contributed by atoms with Gasteiger partial charge in [0, 0.05) is 21.8 Å². The number of rotatable bonds is 1. The van der Waals surface area contributed by atoms with Gasteiger partial charge in [0.25, 0.3) is 0 Å². The van der Waals surface area contributed by atoms with E-state index >= 15 is 0 Å². The highest BCUT2D eigenvalue weighted by molar-refractivity contribution is 14.1. The number of amides is 1. The Morgan fingerprint density at radius 2 is 2.27 bits per heavy atom. The Morgan fingerprint density at radius 1 is 1.53 bits per heavy atom. The fraction of sp³-hybridized carbons (Fsp3) is 0.300. The maximum Gasteiger partial charge on any atom is 0.228 e. The van der Waals surface area contributed by atoms with Crippen molar-refractivity contribution in [1.82, 2.24) is 0 Å². The van der Waals surface area contributed by atoms with Crippen molar-refractivity contribution in [2.24, 2.45) is 0 Å². The number of hydrogen-bond donors (Lipinski definition) is 1. The predicted molar refractivity (Wildman–Crippen MR) is 68.9 cm³/mol. The van der Waals surface area contributed by atoms with Crippen molar-refractivity contribution in [3.05, 3.63) is 27.6 Å². The molecule has 1 aromatic carbocycles. The molecule has 1 atom stereocenters. The Morgan fingerprint density at radius 3 is 2.80 bits per heavy atom. The minimum absolute atomic E-state index is 0.0551. The van der Waals surface area contributed by atoms with Crippen LogP contribution in [0.4, 0.5) is 10.1 Å². The van der Waals surface area contributed by atoms with E-state index in [4.69, 9.17) is 0 Å². The molecule has 1 saturated heterocycles. The molecule has 1 unspecified atom stereocenters. The van der Waals surface area contributed by atoms with Crippen LogP contribution < -0.4 is 4.90 Å². The van der Waals surface area contributed by atoms with Crippen LogP contribution in [0.2, 0.25) is 0 Å². The number of benzene rings is 1. The first-order chi connectivity index (χ1) is 7.08. The van der Waals surface area contributed by atoms with E-state index in [0.717, 1.165) is 9.26 Å². The van der Waals surface area contributed by atoms with Gasteiger partial charge in [-0.2, -0.15) is 12.6 Å². The Bertz CT molecular complexity index is 412. The molecule has 0 bridgehead atoms. The maximum atomic E-state index is 12.9. The van der Waals surface area contributed by atoms with Crippen molar-refractivity contribution < 1.29 is 9.18 Å². The Hall–Kier alpha value is -0.300. The van der Waals surface area contributed by atoms with Crippen LogP contribution in [0.5, 0.6) is 0 Å². The number of halogens is 2. The van der Waals surface area contributed by atoms with Gasteiger partial charge in [-0.1, -0.05) is 0 Å². The molecule has 1 aliphatic rings. The van der Waals surface area contributed by atoms with Crippen LogP contribution in [-0.2, 0) is 4.79 Å². The van der Waals surface area contributed by atoms with Crippen LogP contribution in [-0.4, -0.2) is 17.7 Å². The highest BCUT2D eigenvalue weighted by Crippen LogP contribution is 2.28. The summed E-state index contributed by atoms with van der Waals surface area (Å²) >= 11 is 6.31. The third-order valence-electron chi connectivity index (χ3n) is 2.31. The molecule has 1 amide bonds. The molecule has 1 aliphatic heterocycles. The molecule has 15 heavy (non-hydrogen) atoms. The second kappa shape index (κ2) is 4.29. The van der Waals surface area contributed by atoms with Gasteiger partial charge in [-0.25, -0.2) is 4.39 Å². The summed E-state index contributed by atoms with van der Waals surface area (Å²) in [6.45, 7) is 0.601. The zero-order chi connectivity index (χ0) is 11.0. The third-order valence-corrected chi connectivity index (χ3v) is 3.52. The lowest BCUT2D eigenvalue weighted by Gasteiger charge is -2.17. The second-order valence-electron chi connectivity index (χ2n) is 3.46. The van der Waals surface area contributed by atoms with Crippen LogP contribution in [0.3, 0.4) is 0 Å². The molecule has 5 heteroatoms. The van der Waals surface area contributed by atoms with E-state index in [-0.39, 0.29) is 17.0 Å². The van der Waals surface area contributed by atoms with E-state index in [0.29, 0.717) is 13.0 Å². The Kier molecular flexibility index (Phi) is 3.20. The third kappa shape index (κ3) is 2.28. The zero-order valence-corrected chi connectivity index (χ0v) is 10.8. The monoisotopic (exact) mass is 337 g/mol. The number of hydrogen-bond acceptors (Lipinski definition) is 2. The molecule has 0 aliphatic carbocycles. The first-order valence-electron chi connectivity index (χ1n) is 4.51. The number of anilines is 1. The molecular formula is C10H9FINOS. The highest BCUT2D eigenvalue weighted by atomic mass is 127. The minimum Gasteiger partial charge on any atom is -0.310 e. The predicted octanol–water partition coefficient (Wildman–Crippen LogP) is 2.47. The Balaban J connectivity index is 2.34. The van der Waals surface area contributed by atoms with Gasteiger partial charge in [0.15, 0.2) is 0 Å². The van der Waals surface area contributed by atoms with E-state index < -0.39 is 0 Å². The molecule has 2 nitrogen and oxygen atoms in total. The normalized spacial score (nSPS) is 21.1. The van der Waals surface area contributed by atoms with E-state index in [1.807, 2.05) is 22.6 Å². The fourth-order valence-electron chi connectivity index (χ4n) is 1.62. The van der Waals surface area contributed by atoms with Gasteiger partial charge in [-0.3, -0.25) is 4.79 Å². The van der Waals surface area contributed by atoms with Gasteiger partial charge in [0.2, 0.25) is 5.91 Å². The molecule has 1 aromatic rings. The molecule has 0 saturated carbocycles. The van der Waals surface area contributed by atoms with Gasteiger partial charge in [-0.15, -0.1) is 0 Å². The highest BCUT2D eigenvalue weighted by Gasteiger charge is 2.29. The summed E-state index contributed by atoms with van der Waals surface area (Å²) in [5.41, 5.74) is 0.776. The van der Waals surface area contributed by atoms with Crippen LogP contribution >= 0.6 is 35.2 Å². The van der Waals surface area contributed by atoms with E-state index in [1.165, 1.54) is 12.1 Å². The number of carbonyl (C=O) groups excluding carboxylic acids is 1. The summed E-state index contributed by atoms with van der Waals surface area (Å²) < 4.78 is 13.6. The summed E-state index contributed by atoms with van der Waals surface area (Å²) in [7, 11) is 0. The lowest BCUT2D eigenvalue weighted by Crippen LogP contribution is -2.25. The first-order valence-corrected chi connectivity index (χ1v) is 6.11. The van der Waals surface area contributed by atoms with E-state index in [9.17, 15) is 9.18 Å². The zero-order valence-electron chi connectivity index (χ0n) is 7.78. The maximum absolute atomic E-state index is 12.9. The van der Waals surface area contributed by atoms with Crippen molar-refractivity contribution in [3.63, 3.8) is 0 Å². The molecular weight excluding hydrogens is 328 g/mol. The largest absolute Gasteiger partial charge is 0.310 e. The van der Waals surface area contributed by atoms with Gasteiger partial charge in [-0.05, 0) is 40.8 Å². The summed E-state index contributed by atoms with van der Waals surface area (Å²) in [6.07, 6.45) is 0.455. The first kappa shape index (κ1) is 11.2. The average Bonchev–Trinajstić information content (AvgIpc) is 2.45. The standard InChI is InChI=1S/C10H9FINOS/c11-6-1-2-9(8(12)3-6)13-5-7(15)4-10(13)14/h1-3,7,15H,4-5H2. The topological polar surface area (TPSA) is 20.3 Å². The summed E-state index contributed by atoms with van der Waals surface area (Å²) in [5, 5.41) is 0.0818. The molecule has 0 aromatic heterocycles. The smallest absolute Gasteiger partial charge is 0.228 e. The fourth-order valence-corrected chi connectivity index (χ4v) is 2.71. The van der Waals surface area contributed by atoms with E-state index in [1.54, 1.807) is 11.0 Å². The van der Waals surface area contributed by atoms with Crippen molar-refractivity contribution in [2.75, 3.05) is 11.4 Å². The van der Waals surface area contributed by atoms with Crippen molar-refractivity contribution in [1.29, 1.82) is 0 Å². The van der Waals surface area contributed by atoms with Crippen LogP contribution in [0, 0.1) is 9.39 Å². The lowest BCUT2D eigenvalue weighted by molar-refractivity contribution is -0.117. The van der Waals surface area contributed by atoms with Crippen molar-refractivity contribution >= 4 is 46.8 Å². The quantitative estimate of drug-likeness (QED) is 0.617. The SMILES string of the molecule is O=C1CC(S)CN1c1ccc(F)cc1I. The van der Waals surface area contributed by atoms with Gasteiger partial charge >= 0.3 is 0 Å². The van der Waals surface area contributed by atoms with Crippen LogP contribution in [0.25, 0.3) is 0 Å². The van der Waals surface area contributed by atoms with Gasteiger partial charge in [0.05, 0.1) is 5.69 Å². The molecule has 0 N–H and O–H groups in total. The number of thiol groups is 1. The van der Waals surface area contributed by atoms with Crippen molar-refractivity contribution in [3.8, 4) is 0 Å². The molecule has 2 rings (SSSR count). The number of nitrogens with zero attached hydrogens (tertiary/aromatic N) is 1. The molecule has 1 heterocycles. The second-order valence-corrected chi connectivity index (χ2v) is 5.35. The van der Waals surface area contributed by atoms with Crippen molar-refractivity contribution in [2.45, 2.75) is 11.7 Å².